The van der Waals surface area contributed by atoms with Crippen LogP contribution in [0.1, 0.15) is 20.8 Å². The molecular weight excluding hydrogens is 158 g/mol. The Hall–Kier alpha value is -0.630. The van der Waals surface area contributed by atoms with E-state index in [1.807, 2.05) is 13.8 Å². The highest BCUT2D eigenvalue weighted by atomic mass is 16.7. The molecule has 0 aliphatic rings. The molecule has 4 nitrogen and oxygen atoms in total. The summed E-state index contributed by atoms with van der Waals surface area (Å²) in [6.07, 6.45) is -0.431. The van der Waals surface area contributed by atoms with E-state index in [1.165, 1.54) is 6.92 Å². The third kappa shape index (κ3) is 12.1. The maximum absolute atomic E-state index is 8.54. The number of hydrogen-bond donors (Lipinski definition) is 1. The van der Waals surface area contributed by atoms with Gasteiger partial charge in [0, 0.05) is 20.1 Å². The quantitative estimate of drug-likeness (QED) is 0.631. The molecule has 0 heterocycles. The van der Waals surface area contributed by atoms with E-state index < -0.39 is 6.29 Å². The summed E-state index contributed by atoms with van der Waals surface area (Å²) in [5, 5.41) is 15.9. The van der Waals surface area contributed by atoms with Crippen LogP contribution in [0.2, 0.25) is 0 Å². The minimum atomic E-state index is -0.431. The molecular formula is C8H17NO3. The normalized spacial score (nSPS) is 8.67. The third-order valence-electron chi connectivity index (χ3n) is 0.854. The van der Waals surface area contributed by atoms with Crippen molar-refractivity contribution < 1.29 is 14.6 Å². The van der Waals surface area contributed by atoms with Gasteiger partial charge in [-0.05, 0) is 13.8 Å². The number of ether oxygens (including phenoxy) is 2. The first-order valence-corrected chi connectivity index (χ1v) is 3.91. The van der Waals surface area contributed by atoms with Crippen molar-refractivity contribution >= 4 is 0 Å². The number of rotatable bonds is 5. The van der Waals surface area contributed by atoms with E-state index in [0.717, 1.165) is 0 Å². The molecule has 4 heteroatoms. The second kappa shape index (κ2) is 13.0. The molecule has 0 saturated carbocycles. The van der Waals surface area contributed by atoms with Gasteiger partial charge in [0.15, 0.2) is 6.29 Å². The van der Waals surface area contributed by atoms with Crippen LogP contribution in [-0.4, -0.2) is 31.2 Å². The molecule has 0 saturated heterocycles. The number of hydrogen-bond acceptors (Lipinski definition) is 4. The van der Waals surface area contributed by atoms with Crippen LogP contribution in [0.25, 0.3) is 0 Å². The first-order chi connectivity index (χ1) is 5.76. The van der Waals surface area contributed by atoms with Gasteiger partial charge in [-0.1, -0.05) is 0 Å². The van der Waals surface area contributed by atoms with Gasteiger partial charge < -0.3 is 14.6 Å². The lowest BCUT2D eigenvalue weighted by Crippen LogP contribution is -2.21. The Balaban J connectivity index is 0. The van der Waals surface area contributed by atoms with Crippen LogP contribution in [0, 0.1) is 11.3 Å². The highest BCUT2D eigenvalue weighted by Gasteiger charge is 2.02. The Morgan fingerprint density at radius 3 is 1.83 bits per heavy atom. The summed E-state index contributed by atoms with van der Waals surface area (Å²) in [5.41, 5.74) is 0. The SMILES string of the molecule is CC#N.CCOC(CO)OCC. The second-order valence-electron chi connectivity index (χ2n) is 1.75. The highest BCUT2D eigenvalue weighted by molar-refractivity contribution is 4.51. The number of aliphatic hydroxyl groups excluding tert-OH is 1. The van der Waals surface area contributed by atoms with Crippen LogP contribution in [0.3, 0.4) is 0 Å². The van der Waals surface area contributed by atoms with E-state index in [1.54, 1.807) is 6.07 Å². The summed E-state index contributed by atoms with van der Waals surface area (Å²) >= 11 is 0. The van der Waals surface area contributed by atoms with E-state index in [9.17, 15) is 0 Å². The van der Waals surface area contributed by atoms with Gasteiger partial charge in [-0.15, -0.1) is 0 Å². The summed E-state index contributed by atoms with van der Waals surface area (Å²) in [4.78, 5) is 0. The summed E-state index contributed by atoms with van der Waals surface area (Å²) in [6.45, 7) is 6.24. The largest absolute Gasteiger partial charge is 0.391 e. The Kier molecular flexibility index (Phi) is 15.1. The molecule has 0 amide bonds. The van der Waals surface area contributed by atoms with Gasteiger partial charge in [-0.3, -0.25) is 0 Å². The Bertz CT molecular complexity index is 105. The summed E-state index contributed by atoms with van der Waals surface area (Å²) < 4.78 is 9.92. The van der Waals surface area contributed by atoms with Crippen LogP contribution >= 0.6 is 0 Å². The lowest BCUT2D eigenvalue weighted by Gasteiger charge is -2.12. The fraction of sp³-hybridized carbons (Fsp3) is 0.875. The van der Waals surface area contributed by atoms with Crippen molar-refractivity contribution in [2.45, 2.75) is 27.1 Å². The van der Waals surface area contributed by atoms with Gasteiger partial charge in [-0.25, -0.2) is 0 Å². The molecule has 0 unspecified atom stereocenters. The van der Waals surface area contributed by atoms with Crippen LogP contribution in [-0.2, 0) is 9.47 Å². The molecule has 72 valence electrons. The van der Waals surface area contributed by atoms with E-state index in [2.05, 4.69) is 0 Å². The summed E-state index contributed by atoms with van der Waals surface area (Å²) in [5.74, 6) is 0. The third-order valence-corrected chi connectivity index (χ3v) is 0.854. The zero-order valence-corrected chi connectivity index (χ0v) is 7.91. The van der Waals surface area contributed by atoms with E-state index in [-0.39, 0.29) is 6.61 Å². The monoisotopic (exact) mass is 175 g/mol. The average molecular weight is 175 g/mol. The van der Waals surface area contributed by atoms with Crippen molar-refractivity contribution in [3.05, 3.63) is 0 Å². The van der Waals surface area contributed by atoms with Crippen molar-refractivity contribution in [1.82, 2.24) is 0 Å². The van der Waals surface area contributed by atoms with Crippen molar-refractivity contribution in [2.24, 2.45) is 0 Å². The zero-order valence-electron chi connectivity index (χ0n) is 7.91. The molecule has 0 bridgehead atoms. The molecule has 12 heavy (non-hydrogen) atoms. The first kappa shape index (κ1) is 13.9. The standard InChI is InChI=1S/C6H14O3.C2H3N/c1-3-8-6(5-7)9-4-2;1-2-3/h6-7H,3-5H2,1-2H3;1H3. The molecule has 0 aromatic carbocycles. The van der Waals surface area contributed by atoms with Gasteiger partial charge in [0.05, 0.1) is 12.7 Å². The molecule has 0 atom stereocenters. The van der Waals surface area contributed by atoms with Gasteiger partial charge in [0.25, 0.3) is 0 Å². The van der Waals surface area contributed by atoms with Gasteiger partial charge >= 0.3 is 0 Å². The zero-order chi connectivity index (χ0) is 9.82. The van der Waals surface area contributed by atoms with Gasteiger partial charge in [0.2, 0.25) is 0 Å². The predicted octanol–water partition coefficient (Wildman–Crippen LogP) is 0.908. The lowest BCUT2D eigenvalue weighted by atomic mass is 10.6. The van der Waals surface area contributed by atoms with E-state index in [0.29, 0.717) is 13.2 Å². The molecule has 0 rings (SSSR count). The second-order valence-corrected chi connectivity index (χ2v) is 1.75. The molecule has 0 spiro atoms. The van der Waals surface area contributed by atoms with Crippen molar-refractivity contribution in [1.29, 1.82) is 5.26 Å². The molecule has 0 radical (unpaired) electrons. The molecule has 0 aromatic heterocycles. The van der Waals surface area contributed by atoms with Gasteiger partial charge in [-0.2, -0.15) is 5.26 Å². The van der Waals surface area contributed by atoms with Crippen molar-refractivity contribution in [3.63, 3.8) is 0 Å². The number of nitriles is 1. The average Bonchev–Trinajstić information content (AvgIpc) is 2.05. The van der Waals surface area contributed by atoms with Crippen molar-refractivity contribution in [2.75, 3.05) is 19.8 Å². The van der Waals surface area contributed by atoms with Crippen molar-refractivity contribution in [3.8, 4) is 6.07 Å². The molecule has 1 N–H and O–H groups in total. The predicted molar refractivity (Wildman–Crippen MR) is 45.4 cm³/mol. The maximum atomic E-state index is 8.54. The number of nitrogens with zero attached hydrogens (tertiary/aromatic N) is 1. The number of aliphatic hydroxyl groups is 1. The molecule has 0 aliphatic heterocycles. The van der Waals surface area contributed by atoms with Crippen LogP contribution in [0.5, 0.6) is 0 Å². The summed E-state index contributed by atoms with van der Waals surface area (Å²) in [7, 11) is 0. The fourth-order valence-corrected chi connectivity index (χ4v) is 0.525. The van der Waals surface area contributed by atoms with E-state index >= 15 is 0 Å². The lowest BCUT2D eigenvalue weighted by molar-refractivity contribution is -0.156. The molecule has 0 aliphatic carbocycles. The fourth-order valence-electron chi connectivity index (χ4n) is 0.525. The topological polar surface area (TPSA) is 62.5 Å². The highest BCUT2D eigenvalue weighted by Crippen LogP contribution is 1.91. The Morgan fingerprint density at radius 2 is 1.67 bits per heavy atom. The Morgan fingerprint density at radius 1 is 1.33 bits per heavy atom. The maximum Gasteiger partial charge on any atom is 0.180 e. The smallest absolute Gasteiger partial charge is 0.180 e. The molecule has 0 aromatic rings. The minimum absolute atomic E-state index is 0.0678. The summed E-state index contributed by atoms with van der Waals surface area (Å²) in [6, 6.07) is 1.75. The van der Waals surface area contributed by atoms with E-state index in [4.69, 9.17) is 19.8 Å². The van der Waals surface area contributed by atoms with Crippen LogP contribution in [0.4, 0.5) is 0 Å². The molecule has 0 fully saturated rings. The van der Waals surface area contributed by atoms with Crippen LogP contribution < -0.4 is 0 Å². The van der Waals surface area contributed by atoms with Crippen LogP contribution in [0.15, 0.2) is 0 Å². The minimum Gasteiger partial charge on any atom is -0.391 e. The van der Waals surface area contributed by atoms with Gasteiger partial charge in [0.1, 0.15) is 0 Å². The first-order valence-electron chi connectivity index (χ1n) is 3.91. The Labute approximate surface area is 73.7 Å².